The molecule has 1 aliphatic heterocycles. The van der Waals surface area contributed by atoms with E-state index in [1.54, 1.807) is 6.92 Å². The molecular weight excluding hydrogens is 338 g/mol. The van der Waals surface area contributed by atoms with Crippen LogP contribution < -0.4 is 4.74 Å². The average molecular weight is 366 g/mol. The molecule has 1 atom stereocenters. The van der Waals surface area contributed by atoms with E-state index in [4.69, 9.17) is 21.1 Å². The highest BCUT2D eigenvalue weighted by Crippen LogP contribution is 2.42. The summed E-state index contributed by atoms with van der Waals surface area (Å²) in [6.07, 6.45) is 6.85. The molecule has 1 aromatic rings. The second-order valence-electron chi connectivity index (χ2n) is 7.28. The number of likely N-dealkylation sites (N-methyl/N-ethyl adjacent to an activating group) is 1. The molecule has 1 aromatic carbocycles. The number of carbonyl (C=O) groups is 1. The minimum Gasteiger partial charge on any atom is -0.434 e. The van der Waals surface area contributed by atoms with E-state index >= 15 is 0 Å². The molecule has 0 amide bonds. The van der Waals surface area contributed by atoms with Gasteiger partial charge >= 0.3 is 6.16 Å². The summed E-state index contributed by atoms with van der Waals surface area (Å²) in [6.45, 7) is 4.13. The fourth-order valence-corrected chi connectivity index (χ4v) is 4.49. The molecule has 0 aromatic heterocycles. The first-order valence-electron chi connectivity index (χ1n) is 9.44. The predicted octanol–water partition coefficient (Wildman–Crippen LogP) is 5.03. The third-order valence-electron chi connectivity index (χ3n) is 5.54. The summed E-state index contributed by atoms with van der Waals surface area (Å²) in [5, 5.41) is 0.485. The van der Waals surface area contributed by atoms with E-state index in [0.717, 1.165) is 19.5 Å². The van der Waals surface area contributed by atoms with E-state index < -0.39 is 6.16 Å². The third-order valence-corrected chi connectivity index (χ3v) is 5.83. The van der Waals surface area contributed by atoms with E-state index in [9.17, 15) is 4.79 Å². The molecule has 1 fully saturated rings. The van der Waals surface area contributed by atoms with E-state index in [1.165, 1.54) is 43.2 Å². The Hall–Kier alpha value is -1.26. The lowest BCUT2D eigenvalue weighted by Gasteiger charge is -2.32. The number of rotatable bonds is 3. The maximum absolute atomic E-state index is 11.7. The zero-order chi connectivity index (χ0) is 17.8. The highest BCUT2D eigenvalue weighted by molar-refractivity contribution is 6.32. The van der Waals surface area contributed by atoms with Crippen LogP contribution in [0.15, 0.2) is 12.1 Å². The van der Waals surface area contributed by atoms with Gasteiger partial charge in [-0.2, -0.15) is 0 Å². The van der Waals surface area contributed by atoms with Gasteiger partial charge in [0.15, 0.2) is 5.75 Å². The first-order chi connectivity index (χ1) is 12.1. The van der Waals surface area contributed by atoms with Crippen LogP contribution in [0.25, 0.3) is 0 Å². The van der Waals surface area contributed by atoms with Crippen LogP contribution in [0.4, 0.5) is 4.79 Å². The summed E-state index contributed by atoms with van der Waals surface area (Å²) in [7, 11) is 2.19. The molecule has 1 heterocycles. The van der Waals surface area contributed by atoms with Gasteiger partial charge in [0.1, 0.15) is 0 Å². The minimum absolute atomic E-state index is 0.289. The van der Waals surface area contributed by atoms with Crippen LogP contribution in [-0.4, -0.2) is 37.8 Å². The molecule has 1 saturated carbocycles. The normalized spacial score (nSPS) is 22.1. The zero-order valence-electron chi connectivity index (χ0n) is 15.2. The average Bonchev–Trinajstić information content (AvgIpc) is 2.76. The molecule has 3 rings (SSSR count). The number of hydrogen-bond acceptors (Lipinski definition) is 4. The fraction of sp³-hybridized carbons (Fsp3) is 0.650. The highest BCUT2D eigenvalue weighted by Gasteiger charge is 2.31. The van der Waals surface area contributed by atoms with Gasteiger partial charge in [-0.3, -0.25) is 0 Å². The quantitative estimate of drug-likeness (QED) is 0.556. The Morgan fingerprint density at radius 3 is 2.76 bits per heavy atom. The lowest BCUT2D eigenvalue weighted by Crippen LogP contribution is -2.28. The van der Waals surface area contributed by atoms with Crippen LogP contribution >= 0.6 is 11.6 Å². The SMILES string of the molecule is CCOC(=O)Oc1cc2c(cc1Cl)CCN(C)CC2C1CCCCC1. The Kier molecular flexibility index (Phi) is 6.24. The molecule has 138 valence electrons. The Labute approximate surface area is 155 Å². The van der Waals surface area contributed by atoms with Crippen molar-refractivity contribution >= 4 is 17.8 Å². The van der Waals surface area contributed by atoms with E-state index in [2.05, 4.69) is 11.9 Å². The molecule has 25 heavy (non-hydrogen) atoms. The van der Waals surface area contributed by atoms with Crippen LogP contribution in [-0.2, 0) is 11.2 Å². The van der Waals surface area contributed by atoms with Gasteiger partial charge in [0.2, 0.25) is 0 Å². The molecule has 0 N–H and O–H groups in total. The highest BCUT2D eigenvalue weighted by atomic mass is 35.5. The second-order valence-corrected chi connectivity index (χ2v) is 7.69. The van der Waals surface area contributed by atoms with Crippen molar-refractivity contribution in [2.45, 2.75) is 51.4 Å². The first-order valence-corrected chi connectivity index (χ1v) is 9.81. The van der Waals surface area contributed by atoms with Crippen LogP contribution in [0.5, 0.6) is 5.75 Å². The molecule has 0 spiro atoms. The van der Waals surface area contributed by atoms with Crippen LogP contribution in [0.1, 0.15) is 56.1 Å². The van der Waals surface area contributed by atoms with Gasteiger partial charge in [-0.1, -0.05) is 30.9 Å². The summed E-state index contributed by atoms with van der Waals surface area (Å²) >= 11 is 6.38. The molecule has 0 bridgehead atoms. The van der Waals surface area contributed by atoms with E-state index in [0.29, 0.717) is 22.6 Å². The first kappa shape index (κ1) is 18.5. The lowest BCUT2D eigenvalue weighted by atomic mass is 9.75. The minimum atomic E-state index is -0.690. The molecule has 0 radical (unpaired) electrons. The predicted molar refractivity (Wildman–Crippen MR) is 99.6 cm³/mol. The molecule has 1 unspecified atom stereocenters. The second kappa shape index (κ2) is 8.41. The Morgan fingerprint density at radius 2 is 2.04 bits per heavy atom. The number of ether oxygens (including phenoxy) is 2. The largest absolute Gasteiger partial charge is 0.513 e. The number of nitrogens with zero attached hydrogens (tertiary/aromatic N) is 1. The summed E-state index contributed by atoms with van der Waals surface area (Å²) in [6, 6.07) is 3.98. The maximum Gasteiger partial charge on any atom is 0.513 e. The van der Waals surface area contributed by atoms with Gasteiger partial charge in [-0.15, -0.1) is 0 Å². The Bertz CT molecular complexity index is 613. The summed E-state index contributed by atoms with van der Waals surface area (Å²) in [5.41, 5.74) is 2.60. The maximum atomic E-state index is 11.7. The van der Waals surface area contributed by atoms with E-state index in [-0.39, 0.29) is 6.61 Å². The van der Waals surface area contributed by atoms with Gasteiger partial charge in [0, 0.05) is 13.1 Å². The molecule has 1 aliphatic carbocycles. The number of halogens is 1. The van der Waals surface area contributed by atoms with Crippen LogP contribution in [0.3, 0.4) is 0 Å². The summed E-state index contributed by atoms with van der Waals surface area (Å²) < 4.78 is 10.3. The van der Waals surface area contributed by atoms with Crippen molar-refractivity contribution < 1.29 is 14.3 Å². The Balaban J connectivity index is 1.92. The van der Waals surface area contributed by atoms with Gasteiger partial charge in [-0.05, 0) is 68.3 Å². The molecular formula is C20H28ClNO3. The monoisotopic (exact) mass is 365 g/mol. The molecule has 2 aliphatic rings. The van der Waals surface area contributed by atoms with Gasteiger partial charge in [-0.25, -0.2) is 4.79 Å². The molecule has 4 nitrogen and oxygen atoms in total. The van der Waals surface area contributed by atoms with Crippen molar-refractivity contribution in [2.75, 3.05) is 26.7 Å². The summed E-state index contributed by atoms with van der Waals surface area (Å²) in [5.74, 6) is 1.60. The van der Waals surface area contributed by atoms with Crippen molar-refractivity contribution in [2.24, 2.45) is 5.92 Å². The number of benzene rings is 1. The topological polar surface area (TPSA) is 38.8 Å². The molecule has 0 saturated heterocycles. The van der Waals surface area contributed by atoms with Crippen molar-refractivity contribution in [3.63, 3.8) is 0 Å². The smallest absolute Gasteiger partial charge is 0.434 e. The zero-order valence-corrected chi connectivity index (χ0v) is 16.0. The van der Waals surface area contributed by atoms with Crippen molar-refractivity contribution in [1.82, 2.24) is 4.90 Å². The van der Waals surface area contributed by atoms with Gasteiger partial charge < -0.3 is 14.4 Å². The van der Waals surface area contributed by atoms with Gasteiger partial charge in [0.05, 0.1) is 11.6 Å². The fourth-order valence-electron chi connectivity index (χ4n) is 4.26. The standard InChI is InChI=1S/C20H28ClNO3/c1-3-24-20(23)25-19-12-16-15(11-18(19)21)9-10-22(2)13-17(16)14-7-5-4-6-8-14/h11-12,14,17H,3-10,13H2,1-2H3. The number of fused-ring (bicyclic) bond motifs is 1. The molecule has 5 heteroatoms. The van der Waals surface area contributed by atoms with Crippen molar-refractivity contribution in [3.05, 3.63) is 28.3 Å². The van der Waals surface area contributed by atoms with Gasteiger partial charge in [0.25, 0.3) is 0 Å². The van der Waals surface area contributed by atoms with Crippen LogP contribution in [0.2, 0.25) is 5.02 Å². The lowest BCUT2D eigenvalue weighted by molar-refractivity contribution is 0.104. The third kappa shape index (κ3) is 4.48. The van der Waals surface area contributed by atoms with E-state index in [1.807, 2.05) is 12.1 Å². The Morgan fingerprint density at radius 1 is 1.28 bits per heavy atom. The number of hydrogen-bond donors (Lipinski definition) is 0. The number of carbonyl (C=O) groups excluding carboxylic acids is 1. The van der Waals surface area contributed by atoms with Crippen LogP contribution in [0, 0.1) is 5.92 Å². The van der Waals surface area contributed by atoms with Crippen molar-refractivity contribution in [1.29, 1.82) is 0 Å². The summed E-state index contributed by atoms with van der Waals surface area (Å²) in [4.78, 5) is 14.1. The van der Waals surface area contributed by atoms with Crippen molar-refractivity contribution in [3.8, 4) is 5.75 Å².